The van der Waals surface area contributed by atoms with Gasteiger partial charge in [0.25, 0.3) is 11.6 Å². The first-order chi connectivity index (χ1) is 9.59. The summed E-state index contributed by atoms with van der Waals surface area (Å²) in [6, 6.07) is 4.00. The van der Waals surface area contributed by atoms with Crippen molar-refractivity contribution in [2.45, 2.75) is 27.7 Å². The summed E-state index contributed by atoms with van der Waals surface area (Å²) >= 11 is 5.81. The second-order valence-electron chi connectivity index (χ2n) is 6.63. The molecule has 0 atom stereocenters. The molecule has 0 aromatic heterocycles. The third kappa shape index (κ3) is 2.62. The topological polar surface area (TPSA) is 72.2 Å². The maximum atomic E-state index is 12.1. The summed E-state index contributed by atoms with van der Waals surface area (Å²) in [5, 5.41) is 13.5. The van der Waals surface area contributed by atoms with Gasteiger partial charge in [-0.1, -0.05) is 39.3 Å². The summed E-state index contributed by atoms with van der Waals surface area (Å²) in [5.41, 5.74) is 0.542. The van der Waals surface area contributed by atoms with Crippen molar-refractivity contribution in [2.75, 3.05) is 6.54 Å². The van der Waals surface area contributed by atoms with E-state index in [1.54, 1.807) is 0 Å². The molecular formula is C15H19ClN2O3. The summed E-state index contributed by atoms with van der Waals surface area (Å²) in [7, 11) is 0. The van der Waals surface area contributed by atoms with Gasteiger partial charge in [0.15, 0.2) is 0 Å². The van der Waals surface area contributed by atoms with Crippen molar-refractivity contribution in [3.05, 3.63) is 38.9 Å². The Balaban J connectivity index is 2.02. The lowest BCUT2D eigenvalue weighted by molar-refractivity contribution is -0.384. The van der Waals surface area contributed by atoms with E-state index in [0.29, 0.717) is 18.0 Å². The van der Waals surface area contributed by atoms with Crippen LogP contribution in [0.5, 0.6) is 0 Å². The molecule has 0 aliphatic heterocycles. The summed E-state index contributed by atoms with van der Waals surface area (Å²) < 4.78 is 0. The number of carbonyl (C=O) groups is 1. The third-order valence-corrected chi connectivity index (χ3v) is 5.50. The van der Waals surface area contributed by atoms with Crippen LogP contribution in [0.4, 0.5) is 5.69 Å². The minimum absolute atomic E-state index is 0.0280. The monoisotopic (exact) mass is 310 g/mol. The molecule has 1 aliphatic rings. The third-order valence-electron chi connectivity index (χ3n) is 5.19. The van der Waals surface area contributed by atoms with E-state index in [4.69, 9.17) is 11.6 Å². The Morgan fingerprint density at radius 2 is 1.90 bits per heavy atom. The van der Waals surface area contributed by atoms with Crippen LogP contribution in [0.25, 0.3) is 0 Å². The van der Waals surface area contributed by atoms with Crippen LogP contribution in [-0.2, 0) is 0 Å². The number of carbonyl (C=O) groups excluding carboxylic acids is 1. The normalized spacial score (nSPS) is 19.1. The molecule has 0 unspecified atom stereocenters. The Hall–Kier alpha value is -1.62. The van der Waals surface area contributed by atoms with Gasteiger partial charge in [0.05, 0.1) is 4.92 Å². The van der Waals surface area contributed by atoms with E-state index in [-0.39, 0.29) is 27.4 Å². The molecule has 0 bridgehead atoms. The standard InChI is InChI=1S/C15H19ClN2O3/c1-14(2)12(15(14,3)4)8-17-13(19)9-5-6-11(18(20)21)10(16)7-9/h5-7,12H,8H2,1-4H3,(H,17,19). The van der Waals surface area contributed by atoms with E-state index in [9.17, 15) is 14.9 Å². The van der Waals surface area contributed by atoms with Crippen molar-refractivity contribution in [3.63, 3.8) is 0 Å². The molecule has 1 saturated carbocycles. The van der Waals surface area contributed by atoms with E-state index in [0.717, 1.165) is 0 Å². The van der Waals surface area contributed by atoms with Gasteiger partial charge in [-0.25, -0.2) is 0 Å². The highest BCUT2D eigenvalue weighted by molar-refractivity contribution is 6.33. The molecule has 1 amide bonds. The first kappa shape index (κ1) is 15.8. The summed E-state index contributed by atoms with van der Waals surface area (Å²) in [6.07, 6.45) is 0. The maximum absolute atomic E-state index is 12.1. The lowest BCUT2D eigenvalue weighted by Gasteiger charge is -2.07. The number of benzene rings is 1. The van der Waals surface area contributed by atoms with Crippen molar-refractivity contribution >= 4 is 23.2 Å². The highest BCUT2D eigenvalue weighted by Gasteiger charge is 2.64. The number of rotatable bonds is 4. The molecule has 0 saturated heterocycles. The van der Waals surface area contributed by atoms with Crippen LogP contribution in [0.15, 0.2) is 18.2 Å². The smallest absolute Gasteiger partial charge is 0.287 e. The Bertz CT molecular complexity index is 597. The van der Waals surface area contributed by atoms with E-state index in [1.807, 2.05) is 0 Å². The average molecular weight is 311 g/mol. The number of amides is 1. The van der Waals surface area contributed by atoms with E-state index < -0.39 is 4.92 Å². The highest BCUT2D eigenvalue weighted by Crippen LogP contribution is 2.67. The molecule has 5 nitrogen and oxygen atoms in total. The van der Waals surface area contributed by atoms with Crippen LogP contribution >= 0.6 is 11.6 Å². The van der Waals surface area contributed by atoms with E-state index >= 15 is 0 Å². The van der Waals surface area contributed by atoms with Crippen molar-refractivity contribution in [1.29, 1.82) is 0 Å². The van der Waals surface area contributed by atoms with E-state index in [2.05, 4.69) is 33.0 Å². The average Bonchev–Trinajstić information content (AvgIpc) is 2.76. The molecule has 1 aromatic rings. The number of hydrogen-bond donors (Lipinski definition) is 1. The lowest BCUT2D eigenvalue weighted by atomic mass is 10.0. The summed E-state index contributed by atoms with van der Waals surface area (Å²) in [6.45, 7) is 9.34. The molecule has 1 aromatic carbocycles. The second kappa shape index (κ2) is 4.98. The number of nitro groups is 1. The molecule has 2 rings (SSSR count). The fraction of sp³-hybridized carbons (Fsp3) is 0.533. The largest absolute Gasteiger partial charge is 0.352 e. The molecule has 1 N–H and O–H groups in total. The predicted octanol–water partition coefficient (Wildman–Crippen LogP) is 3.66. The van der Waals surface area contributed by atoms with Gasteiger partial charge >= 0.3 is 0 Å². The first-order valence-electron chi connectivity index (χ1n) is 6.81. The molecular weight excluding hydrogens is 292 g/mol. The number of nitrogens with one attached hydrogen (secondary N) is 1. The van der Waals surface area contributed by atoms with Crippen molar-refractivity contribution in [1.82, 2.24) is 5.32 Å². The lowest BCUT2D eigenvalue weighted by Crippen LogP contribution is -2.27. The first-order valence-corrected chi connectivity index (χ1v) is 7.19. The zero-order valence-corrected chi connectivity index (χ0v) is 13.3. The van der Waals surface area contributed by atoms with Gasteiger partial charge in [0.1, 0.15) is 5.02 Å². The van der Waals surface area contributed by atoms with Crippen LogP contribution in [-0.4, -0.2) is 17.4 Å². The summed E-state index contributed by atoms with van der Waals surface area (Å²) in [4.78, 5) is 22.2. The fourth-order valence-electron chi connectivity index (χ4n) is 2.94. The number of nitrogens with zero attached hydrogens (tertiary/aromatic N) is 1. The molecule has 1 fully saturated rings. The number of halogens is 1. The molecule has 0 spiro atoms. The minimum atomic E-state index is -0.570. The number of nitro benzene ring substituents is 1. The van der Waals surface area contributed by atoms with Gasteiger partial charge < -0.3 is 5.32 Å². The van der Waals surface area contributed by atoms with Crippen molar-refractivity contribution in [3.8, 4) is 0 Å². The van der Waals surface area contributed by atoms with Crippen LogP contribution in [0.3, 0.4) is 0 Å². The summed E-state index contributed by atoms with van der Waals surface area (Å²) in [5.74, 6) is 0.160. The fourth-order valence-corrected chi connectivity index (χ4v) is 3.19. The SMILES string of the molecule is CC1(C)C(CNC(=O)c2ccc([N+](=O)[O-])c(Cl)c2)C1(C)C. The second-order valence-corrected chi connectivity index (χ2v) is 7.04. The molecule has 6 heteroatoms. The van der Waals surface area contributed by atoms with Crippen LogP contribution in [0, 0.1) is 26.9 Å². The highest BCUT2D eigenvalue weighted by atomic mass is 35.5. The van der Waals surface area contributed by atoms with Gasteiger partial charge in [-0.3, -0.25) is 14.9 Å². The Kier molecular flexibility index (Phi) is 3.74. The van der Waals surface area contributed by atoms with Gasteiger partial charge in [-0.15, -0.1) is 0 Å². The minimum Gasteiger partial charge on any atom is -0.352 e. The Morgan fingerprint density at radius 1 is 1.33 bits per heavy atom. The van der Waals surface area contributed by atoms with Crippen LogP contribution in [0.1, 0.15) is 38.1 Å². The van der Waals surface area contributed by atoms with E-state index in [1.165, 1.54) is 18.2 Å². The van der Waals surface area contributed by atoms with Gasteiger partial charge in [-0.05, 0) is 28.9 Å². The molecule has 1 aliphatic carbocycles. The van der Waals surface area contributed by atoms with Crippen molar-refractivity contribution < 1.29 is 9.72 Å². The predicted molar refractivity (Wildman–Crippen MR) is 81.5 cm³/mol. The molecule has 21 heavy (non-hydrogen) atoms. The van der Waals surface area contributed by atoms with Crippen LogP contribution in [0.2, 0.25) is 5.02 Å². The zero-order valence-electron chi connectivity index (χ0n) is 12.6. The Labute approximate surface area is 128 Å². The quantitative estimate of drug-likeness (QED) is 0.681. The van der Waals surface area contributed by atoms with Gasteiger partial charge in [0, 0.05) is 18.2 Å². The van der Waals surface area contributed by atoms with Crippen LogP contribution < -0.4 is 5.32 Å². The Morgan fingerprint density at radius 3 is 2.33 bits per heavy atom. The number of hydrogen-bond acceptors (Lipinski definition) is 3. The molecule has 114 valence electrons. The van der Waals surface area contributed by atoms with Crippen molar-refractivity contribution in [2.24, 2.45) is 16.7 Å². The molecule has 0 heterocycles. The maximum Gasteiger partial charge on any atom is 0.287 e. The van der Waals surface area contributed by atoms with Gasteiger partial charge in [-0.2, -0.15) is 0 Å². The molecule has 0 radical (unpaired) electrons. The van der Waals surface area contributed by atoms with Gasteiger partial charge in [0.2, 0.25) is 0 Å². The zero-order chi connectivity index (χ0) is 16.0.